The average molecular weight is 455 g/mol. The largest absolute Gasteiger partial charge is 0.482 e. The van der Waals surface area contributed by atoms with Crippen LogP contribution in [0.25, 0.3) is 0 Å². The molecule has 164 valence electrons. The van der Waals surface area contributed by atoms with Gasteiger partial charge in [0.2, 0.25) is 0 Å². The Morgan fingerprint density at radius 3 is 2.53 bits per heavy atom. The standard InChI is InChI=1S/C24H20ClFN2O4/c25-18-10-11-21(32-15-22(29)30)20(12-18)23-19-9-5-4-8-17(19)14-27(23)24(31)28(26)13-16-6-2-1-3-7-16/h1-12,23H,13-15H2,(H,29,30). The highest BCUT2D eigenvalue weighted by molar-refractivity contribution is 6.30. The molecule has 1 unspecified atom stereocenters. The second kappa shape index (κ2) is 9.28. The van der Waals surface area contributed by atoms with Gasteiger partial charge >= 0.3 is 12.0 Å². The first-order chi connectivity index (χ1) is 15.4. The van der Waals surface area contributed by atoms with Gasteiger partial charge in [-0.25, -0.2) is 9.59 Å². The zero-order valence-electron chi connectivity index (χ0n) is 16.9. The summed E-state index contributed by atoms with van der Waals surface area (Å²) in [6.07, 6.45) is 0. The number of rotatable bonds is 6. The Kier molecular flexibility index (Phi) is 6.28. The lowest BCUT2D eigenvalue weighted by molar-refractivity contribution is -0.139. The first-order valence-electron chi connectivity index (χ1n) is 9.93. The normalized spacial score (nSPS) is 14.7. The molecule has 3 aromatic carbocycles. The molecule has 0 fully saturated rings. The van der Waals surface area contributed by atoms with Gasteiger partial charge in [-0.1, -0.05) is 70.7 Å². The Balaban J connectivity index is 1.70. The Morgan fingerprint density at radius 1 is 1.06 bits per heavy atom. The van der Waals surface area contributed by atoms with Gasteiger partial charge in [0.25, 0.3) is 0 Å². The number of carboxylic acid groups (broad SMARTS) is 1. The van der Waals surface area contributed by atoms with Crippen molar-refractivity contribution < 1.29 is 23.9 Å². The Bertz CT molecular complexity index is 1140. The summed E-state index contributed by atoms with van der Waals surface area (Å²) < 4.78 is 20.4. The number of carboxylic acids is 1. The van der Waals surface area contributed by atoms with Gasteiger partial charge in [0.15, 0.2) is 6.61 Å². The van der Waals surface area contributed by atoms with E-state index in [1.807, 2.05) is 30.3 Å². The molecule has 0 bridgehead atoms. The maximum Gasteiger partial charge on any atom is 0.349 e. The number of ether oxygens (including phenoxy) is 1. The lowest BCUT2D eigenvalue weighted by Crippen LogP contribution is -2.38. The molecule has 1 aliphatic rings. The molecule has 0 radical (unpaired) electrons. The first-order valence-corrected chi connectivity index (χ1v) is 10.3. The van der Waals surface area contributed by atoms with Crippen LogP contribution < -0.4 is 4.74 Å². The predicted molar refractivity (Wildman–Crippen MR) is 117 cm³/mol. The second-order valence-electron chi connectivity index (χ2n) is 7.38. The van der Waals surface area contributed by atoms with E-state index in [0.29, 0.717) is 16.1 Å². The monoisotopic (exact) mass is 454 g/mol. The first kappa shape index (κ1) is 21.6. The molecule has 0 aliphatic carbocycles. The smallest absolute Gasteiger partial charge is 0.349 e. The molecule has 0 spiro atoms. The van der Waals surface area contributed by atoms with Crippen LogP contribution in [0.4, 0.5) is 9.28 Å². The zero-order chi connectivity index (χ0) is 22.7. The van der Waals surface area contributed by atoms with Gasteiger partial charge in [-0.2, -0.15) is 5.12 Å². The summed E-state index contributed by atoms with van der Waals surface area (Å²) >= 11 is 6.22. The third-order valence-electron chi connectivity index (χ3n) is 5.24. The van der Waals surface area contributed by atoms with E-state index in [0.717, 1.165) is 11.1 Å². The van der Waals surface area contributed by atoms with Gasteiger partial charge in [0.1, 0.15) is 5.75 Å². The topological polar surface area (TPSA) is 70.1 Å². The molecule has 4 rings (SSSR count). The molecule has 0 saturated carbocycles. The number of nitrogens with zero attached hydrogens (tertiary/aromatic N) is 2. The van der Waals surface area contributed by atoms with Crippen molar-refractivity contribution in [1.29, 1.82) is 0 Å². The molecule has 1 aliphatic heterocycles. The van der Waals surface area contributed by atoms with Crippen LogP contribution in [-0.4, -0.2) is 33.7 Å². The highest BCUT2D eigenvalue weighted by Gasteiger charge is 2.38. The van der Waals surface area contributed by atoms with E-state index in [4.69, 9.17) is 21.4 Å². The fourth-order valence-corrected chi connectivity index (χ4v) is 4.04. The van der Waals surface area contributed by atoms with Crippen molar-refractivity contribution in [3.05, 3.63) is 100 Å². The second-order valence-corrected chi connectivity index (χ2v) is 7.82. The Morgan fingerprint density at radius 2 is 1.78 bits per heavy atom. The fourth-order valence-electron chi connectivity index (χ4n) is 3.86. The number of benzene rings is 3. The molecule has 0 aromatic heterocycles. The maximum absolute atomic E-state index is 15.0. The quantitative estimate of drug-likeness (QED) is 0.519. The molecule has 6 nitrogen and oxygen atoms in total. The third-order valence-corrected chi connectivity index (χ3v) is 5.47. The van der Waals surface area contributed by atoms with Crippen LogP contribution in [0.5, 0.6) is 5.75 Å². The molecule has 3 aromatic rings. The number of fused-ring (bicyclic) bond motifs is 1. The van der Waals surface area contributed by atoms with E-state index >= 15 is 0 Å². The van der Waals surface area contributed by atoms with Crippen LogP contribution in [-0.2, 0) is 17.9 Å². The minimum Gasteiger partial charge on any atom is -0.482 e. The molecule has 8 heteroatoms. The maximum atomic E-state index is 15.0. The van der Waals surface area contributed by atoms with Crippen LogP contribution in [0.15, 0.2) is 72.8 Å². The van der Waals surface area contributed by atoms with Crippen molar-refractivity contribution in [3.8, 4) is 5.75 Å². The van der Waals surface area contributed by atoms with Crippen molar-refractivity contribution in [2.75, 3.05) is 6.61 Å². The van der Waals surface area contributed by atoms with Crippen LogP contribution in [0, 0.1) is 0 Å². The number of hydrogen-bond acceptors (Lipinski definition) is 3. The molecule has 1 N–H and O–H groups in total. The van der Waals surface area contributed by atoms with E-state index in [-0.39, 0.29) is 24.0 Å². The highest BCUT2D eigenvalue weighted by Crippen LogP contribution is 2.43. The minimum absolute atomic E-state index is 0.177. The fraction of sp³-hybridized carbons (Fsp3) is 0.167. The summed E-state index contributed by atoms with van der Waals surface area (Å²) in [7, 11) is 0. The highest BCUT2D eigenvalue weighted by atomic mass is 35.5. The van der Waals surface area contributed by atoms with E-state index in [1.165, 1.54) is 4.90 Å². The molecule has 0 saturated heterocycles. The molecule has 1 heterocycles. The molecule has 2 amide bonds. The van der Waals surface area contributed by atoms with Crippen LogP contribution in [0.1, 0.15) is 28.3 Å². The van der Waals surface area contributed by atoms with Crippen LogP contribution in [0.2, 0.25) is 5.02 Å². The Hall–Kier alpha value is -3.58. The summed E-state index contributed by atoms with van der Waals surface area (Å²) in [5, 5.41) is 9.59. The molecular weight excluding hydrogens is 435 g/mol. The number of aliphatic carboxylic acids is 1. The summed E-state index contributed by atoms with van der Waals surface area (Å²) in [5.41, 5.74) is 2.81. The lowest BCUT2D eigenvalue weighted by Gasteiger charge is -2.29. The number of carbonyl (C=O) groups excluding carboxylic acids is 1. The van der Waals surface area contributed by atoms with E-state index in [9.17, 15) is 14.1 Å². The van der Waals surface area contributed by atoms with E-state index in [1.54, 1.807) is 42.5 Å². The van der Waals surface area contributed by atoms with Gasteiger partial charge in [-0.05, 0) is 34.9 Å². The number of amides is 2. The van der Waals surface area contributed by atoms with Crippen molar-refractivity contribution in [1.82, 2.24) is 10.0 Å². The van der Waals surface area contributed by atoms with E-state index in [2.05, 4.69) is 0 Å². The Labute approximate surface area is 189 Å². The average Bonchev–Trinajstić information content (AvgIpc) is 3.17. The van der Waals surface area contributed by atoms with Crippen molar-refractivity contribution in [2.24, 2.45) is 0 Å². The minimum atomic E-state index is -1.14. The van der Waals surface area contributed by atoms with Crippen LogP contribution >= 0.6 is 11.6 Å². The van der Waals surface area contributed by atoms with Gasteiger partial charge < -0.3 is 14.7 Å². The van der Waals surface area contributed by atoms with Crippen LogP contribution in [0.3, 0.4) is 0 Å². The van der Waals surface area contributed by atoms with Crippen molar-refractivity contribution in [2.45, 2.75) is 19.1 Å². The van der Waals surface area contributed by atoms with E-state index < -0.39 is 24.6 Å². The molecular formula is C24H20ClFN2O4. The molecule has 32 heavy (non-hydrogen) atoms. The molecule has 1 atom stereocenters. The zero-order valence-corrected chi connectivity index (χ0v) is 17.7. The lowest BCUT2D eigenvalue weighted by atomic mass is 9.97. The van der Waals surface area contributed by atoms with Crippen molar-refractivity contribution >= 4 is 23.6 Å². The summed E-state index contributed by atoms with van der Waals surface area (Å²) in [5.74, 6) is -0.867. The van der Waals surface area contributed by atoms with Gasteiger partial charge in [-0.15, -0.1) is 0 Å². The number of urea groups is 1. The predicted octanol–water partition coefficient (Wildman–Crippen LogP) is 5.22. The SMILES string of the molecule is O=C(O)COc1ccc(Cl)cc1C1c2ccccc2CN1C(=O)N(F)Cc1ccccc1. The summed E-state index contributed by atoms with van der Waals surface area (Å²) in [6, 6.07) is 19.5. The summed E-state index contributed by atoms with van der Waals surface area (Å²) in [6.45, 7) is -0.558. The third kappa shape index (κ3) is 4.53. The summed E-state index contributed by atoms with van der Waals surface area (Å²) in [4.78, 5) is 25.6. The van der Waals surface area contributed by atoms with Gasteiger partial charge in [0.05, 0.1) is 12.6 Å². The number of halogens is 2. The number of hydrogen-bond donors (Lipinski definition) is 1. The number of carbonyl (C=O) groups is 2. The van der Waals surface area contributed by atoms with Crippen molar-refractivity contribution in [3.63, 3.8) is 0 Å². The van der Waals surface area contributed by atoms with Gasteiger partial charge in [0, 0.05) is 17.1 Å². The van der Waals surface area contributed by atoms with Gasteiger partial charge in [-0.3, -0.25) is 0 Å².